The molecule has 0 aliphatic heterocycles. The van der Waals surface area contributed by atoms with Crippen molar-refractivity contribution >= 4 is 23.1 Å². The van der Waals surface area contributed by atoms with Gasteiger partial charge < -0.3 is 10.6 Å². The fraction of sp³-hybridized carbons (Fsp3) is 0.154. The number of hydrogen-bond donors (Lipinski definition) is 4. The third kappa shape index (κ3) is 3.35. The summed E-state index contributed by atoms with van der Waals surface area (Å²) in [5, 5.41) is 5.60. The minimum Gasteiger partial charge on any atom is -0.341 e. The lowest BCUT2D eigenvalue weighted by atomic mass is 10.1. The third-order valence-corrected chi connectivity index (χ3v) is 2.59. The molecule has 0 spiro atoms. The summed E-state index contributed by atoms with van der Waals surface area (Å²) in [5.41, 5.74) is 1.13. The molecular weight excluding hydrogens is 260 g/mol. The number of carbonyl (C=O) groups is 1. The van der Waals surface area contributed by atoms with Crippen molar-refractivity contribution in [1.29, 1.82) is 0 Å². The van der Waals surface area contributed by atoms with Crippen LogP contribution in [0.3, 0.4) is 0 Å². The molecule has 4 N–H and O–H groups in total. The van der Waals surface area contributed by atoms with Crippen molar-refractivity contribution in [3.05, 3.63) is 50.7 Å². The number of anilines is 3. The van der Waals surface area contributed by atoms with E-state index < -0.39 is 11.2 Å². The van der Waals surface area contributed by atoms with Crippen LogP contribution in [-0.2, 0) is 4.79 Å². The molecule has 0 aliphatic rings. The lowest BCUT2D eigenvalue weighted by molar-refractivity contribution is -0.114. The largest absolute Gasteiger partial charge is 0.341 e. The predicted octanol–water partition coefficient (Wildman–Crippen LogP) is 1.07. The summed E-state index contributed by atoms with van der Waals surface area (Å²) in [5.74, 6) is 0.103. The van der Waals surface area contributed by atoms with E-state index in [2.05, 4.69) is 20.6 Å². The van der Waals surface area contributed by atoms with Crippen molar-refractivity contribution in [3.63, 3.8) is 0 Å². The number of benzene rings is 1. The van der Waals surface area contributed by atoms with Crippen LogP contribution in [0.5, 0.6) is 0 Å². The van der Waals surface area contributed by atoms with E-state index in [0.717, 1.165) is 5.56 Å². The first-order valence-corrected chi connectivity index (χ1v) is 5.93. The molecule has 2 rings (SSSR count). The second kappa shape index (κ2) is 5.43. The zero-order valence-corrected chi connectivity index (χ0v) is 11.0. The summed E-state index contributed by atoms with van der Waals surface area (Å²) in [4.78, 5) is 38.0. The summed E-state index contributed by atoms with van der Waals surface area (Å²) in [7, 11) is 0. The van der Waals surface area contributed by atoms with Gasteiger partial charge in [-0.1, -0.05) is 6.07 Å². The highest BCUT2D eigenvalue weighted by molar-refractivity contribution is 5.90. The second-order valence-electron chi connectivity index (χ2n) is 4.34. The van der Waals surface area contributed by atoms with Gasteiger partial charge in [-0.15, -0.1) is 0 Å². The molecule has 104 valence electrons. The molecule has 1 amide bonds. The molecule has 1 aromatic carbocycles. The van der Waals surface area contributed by atoms with Crippen molar-refractivity contribution in [1.82, 2.24) is 9.97 Å². The number of nitrogens with one attached hydrogen (secondary N) is 4. The first kappa shape index (κ1) is 13.6. The summed E-state index contributed by atoms with van der Waals surface area (Å²) >= 11 is 0. The van der Waals surface area contributed by atoms with Gasteiger partial charge in [0.1, 0.15) is 5.82 Å². The molecule has 0 radical (unpaired) electrons. The van der Waals surface area contributed by atoms with Crippen LogP contribution >= 0.6 is 0 Å². The Morgan fingerprint density at radius 1 is 1.15 bits per heavy atom. The maximum atomic E-state index is 11.2. The maximum absolute atomic E-state index is 11.2. The lowest BCUT2D eigenvalue weighted by Gasteiger charge is -2.10. The first-order valence-electron chi connectivity index (χ1n) is 5.93. The zero-order chi connectivity index (χ0) is 14.7. The molecule has 7 nitrogen and oxygen atoms in total. The van der Waals surface area contributed by atoms with E-state index in [1.165, 1.54) is 13.0 Å². The maximum Gasteiger partial charge on any atom is 0.327 e. The summed E-state index contributed by atoms with van der Waals surface area (Å²) in [6.07, 6.45) is 0. The van der Waals surface area contributed by atoms with Gasteiger partial charge in [0, 0.05) is 24.4 Å². The smallest absolute Gasteiger partial charge is 0.327 e. The molecule has 20 heavy (non-hydrogen) atoms. The highest BCUT2D eigenvalue weighted by Gasteiger charge is 2.03. The molecule has 0 saturated heterocycles. The van der Waals surface area contributed by atoms with Gasteiger partial charge in [-0.2, -0.15) is 0 Å². The Balaban J connectivity index is 2.31. The van der Waals surface area contributed by atoms with E-state index >= 15 is 0 Å². The molecule has 0 atom stereocenters. The molecule has 0 saturated carbocycles. The standard InChI is InChI=1S/C13H14N4O3/c1-7-3-4-9(5-10(7)14-8(2)18)15-11-6-12(19)17-13(20)16-11/h3-6H,1-2H3,(H,14,18)(H3,15,16,17,19,20). The molecule has 7 heteroatoms. The lowest BCUT2D eigenvalue weighted by Crippen LogP contribution is -2.22. The van der Waals surface area contributed by atoms with Gasteiger partial charge in [0.25, 0.3) is 5.56 Å². The normalized spacial score (nSPS) is 10.1. The first-order chi connectivity index (χ1) is 9.44. The van der Waals surface area contributed by atoms with Gasteiger partial charge in [0.05, 0.1) is 0 Å². The molecule has 1 heterocycles. The molecule has 1 aromatic heterocycles. The minimum atomic E-state index is -0.589. The minimum absolute atomic E-state index is 0.171. The SMILES string of the molecule is CC(=O)Nc1cc(Nc2cc(=O)[nH]c(=O)[nH]2)ccc1C. The van der Waals surface area contributed by atoms with Crippen LogP contribution in [-0.4, -0.2) is 15.9 Å². The molecule has 0 aliphatic carbocycles. The van der Waals surface area contributed by atoms with Gasteiger partial charge >= 0.3 is 5.69 Å². The highest BCUT2D eigenvalue weighted by Crippen LogP contribution is 2.22. The number of carbonyl (C=O) groups excluding carboxylic acids is 1. The summed E-state index contributed by atoms with van der Waals surface area (Å²) in [6, 6.07) is 6.55. The Morgan fingerprint density at radius 2 is 1.90 bits per heavy atom. The predicted molar refractivity (Wildman–Crippen MR) is 76.4 cm³/mol. The van der Waals surface area contributed by atoms with Gasteiger partial charge in [-0.3, -0.25) is 19.6 Å². The number of aromatic amines is 2. The Hall–Kier alpha value is -2.83. The van der Waals surface area contributed by atoms with Gasteiger partial charge in [-0.05, 0) is 24.6 Å². The Bertz CT molecular complexity index is 732. The fourth-order valence-corrected chi connectivity index (χ4v) is 1.72. The van der Waals surface area contributed by atoms with Crippen LogP contribution in [0.25, 0.3) is 0 Å². The third-order valence-electron chi connectivity index (χ3n) is 2.59. The quantitative estimate of drug-likeness (QED) is 0.671. The molecular formula is C13H14N4O3. The monoisotopic (exact) mass is 274 g/mol. The van der Waals surface area contributed by atoms with E-state index in [-0.39, 0.29) is 11.7 Å². The number of rotatable bonds is 3. The van der Waals surface area contributed by atoms with Crippen molar-refractivity contribution in [3.8, 4) is 0 Å². The van der Waals surface area contributed by atoms with Crippen LogP contribution in [0.4, 0.5) is 17.2 Å². The number of hydrogen-bond acceptors (Lipinski definition) is 4. The number of amides is 1. The van der Waals surface area contributed by atoms with Crippen LogP contribution < -0.4 is 21.9 Å². The highest BCUT2D eigenvalue weighted by atomic mass is 16.2. The molecule has 0 fully saturated rings. The van der Waals surface area contributed by atoms with Crippen LogP contribution in [0, 0.1) is 6.92 Å². The van der Waals surface area contributed by atoms with E-state index in [1.807, 2.05) is 13.0 Å². The topological polar surface area (TPSA) is 107 Å². The van der Waals surface area contributed by atoms with Crippen LogP contribution in [0.1, 0.15) is 12.5 Å². The van der Waals surface area contributed by atoms with Crippen LogP contribution in [0.2, 0.25) is 0 Å². The molecule has 2 aromatic rings. The van der Waals surface area contributed by atoms with Crippen molar-refractivity contribution in [2.45, 2.75) is 13.8 Å². The van der Waals surface area contributed by atoms with E-state index in [0.29, 0.717) is 11.4 Å². The van der Waals surface area contributed by atoms with Gasteiger partial charge in [0.2, 0.25) is 5.91 Å². The Kier molecular flexibility index (Phi) is 3.69. The van der Waals surface area contributed by atoms with Gasteiger partial charge in [-0.25, -0.2) is 4.79 Å². The summed E-state index contributed by atoms with van der Waals surface area (Å²) < 4.78 is 0. The zero-order valence-electron chi connectivity index (χ0n) is 11.0. The Morgan fingerprint density at radius 3 is 2.55 bits per heavy atom. The number of aromatic nitrogens is 2. The van der Waals surface area contributed by atoms with Crippen LogP contribution in [0.15, 0.2) is 33.9 Å². The van der Waals surface area contributed by atoms with Crippen molar-refractivity contribution in [2.75, 3.05) is 10.6 Å². The van der Waals surface area contributed by atoms with E-state index in [1.54, 1.807) is 12.1 Å². The van der Waals surface area contributed by atoms with E-state index in [4.69, 9.17) is 0 Å². The average molecular weight is 274 g/mol. The fourth-order valence-electron chi connectivity index (χ4n) is 1.72. The Labute approximate surface area is 114 Å². The van der Waals surface area contributed by atoms with Gasteiger partial charge in [0.15, 0.2) is 0 Å². The number of H-pyrrole nitrogens is 2. The van der Waals surface area contributed by atoms with E-state index in [9.17, 15) is 14.4 Å². The second-order valence-corrected chi connectivity index (χ2v) is 4.34. The summed E-state index contributed by atoms with van der Waals surface area (Å²) in [6.45, 7) is 3.29. The van der Waals surface area contributed by atoms with Crippen molar-refractivity contribution in [2.24, 2.45) is 0 Å². The molecule has 0 bridgehead atoms. The molecule has 0 unspecified atom stereocenters. The number of aryl methyl sites for hydroxylation is 1. The van der Waals surface area contributed by atoms with Crippen molar-refractivity contribution < 1.29 is 4.79 Å². The average Bonchev–Trinajstić information content (AvgIpc) is 2.31.